The number of nitriles is 1. The van der Waals surface area contributed by atoms with E-state index in [9.17, 15) is 14.4 Å². The minimum absolute atomic E-state index is 0.0186. The second-order valence-electron chi connectivity index (χ2n) is 5.91. The Morgan fingerprint density at radius 2 is 1.96 bits per heavy atom. The Bertz CT molecular complexity index is 1310. The van der Waals surface area contributed by atoms with E-state index in [-0.39, 0.29) is 16.8 Å². The predicted molar refractivity (Wildman–Crippen MR) is 105 cm³/mol. The van der Waals surface area contributed by atoms with E-state index in [1.54, 1.807) is 30.7 Å². The predicted octanol–water partition coefficient (Wildman–Crippen LogP) is 4.39. The Kier molecular flexibility index (Phi) is 4.47. The van der Waals surface area contributed by atoms with Gasteiger partial charge in [0.2, 0.25) is 0 Å². The zero-order valence-corrected chi connectivity index (χ0v) is 15.0. The number of halogens is 2. The average Bonchev–Trinajstić information content (AvgIpc) is 2.71. The Morgan fingerprint density at radius 3 is 2.79 bits per heavy atom. The van der Waals surface area contributed by atoms with Crippen LogP contribution in [0.4, 0.5) is 15.8 Å². The van der Waals surface area contributed by atoms with Gasteiger partial charge in [0.25, 0.3) is 5.56 Å². The third-order valence-corrected chi connectivity index (χ3v) is 4.42. The van der Waals surface area contributed by atoms with Crippen LogP contribution in [0.2, 0.25) is 5.02 Å². The molecule has 0 aliphatic heterocycles. The van der Waals surface area contributed by atoms with Gasteiger partial charge in [-0.05, 0) is 36.4 Å². The number of aromatic amines is 1. The van der Waals surface area contributed by atoms with Crippen molar-refractivity contribution >= 4 is 33.9 Å². The molecule has 8 heteroatoms. The molecule has 0 aliphatic rings. The van der Waals surface area contributed by atoms with Gasteiger partial charge in [0.1, 0.15) is 17.6 Å². The molecule has 0 bridgehead atoms. The monoisotopic (exact) mass is 391 g/mol. The van der Waals surface area contributed by atoms with E-state index in [0.29, 0.717) is 21.9 Å². The number of H-pyrrole nitrogens is 1. The van der Waals surface area contributed by atoms with Gasteiger partial charge in [-0.25, -0.2) is 4.39 Å². The third-order valence-electron chi connectivity index (χ3n) is 4.18. The van der Waals surface area contributed by atoms with E-state index in [0.717, 1.165) is 5.39 Å². The lowest BCUT2D eigenvalue weighted by molar-refractivity contribution is 0.631. The SMILES string of the molecule is N#Cc1[nH]c(=O)c(-c2cc(Cl)ccc2F)cc1Nc1ccnc2ccncc12. The lowest BCUT2D eigenvalue weighted by atomic mass is 10.1. The molecule has 0 saturated carbocycles. The fourth-order valence-corrected chi connectivity index (χ4v) is 3.04. The standard InChI is InChI=1S/C20H11ClFN5O/c21-11-1-2-15(22)12(7-11)13-8-18(19(9-23)27-20(13)28)26-17-4-6-25-16-3-5-24-10-14(16)17/h1-8,10H,(H,25,26)(H,27,28). The number of nitrogens with zero attached hydrogens (tertiary/aromatic N) is 3. The number of aromatic nitrogens is 3. The van der Waals surface area contributed by atoms with Gasteiger partial charge in [-0.1, -0.05) is 11.6 Å². The Morgan fingerprint density at radius 1 is 1.11 bits per heavy atom. The average molecular weight is 392 g/mol. The molecule has 0 atom stereocenters. The molecule has 4 aromatic rings. The first-order valence-electron chi connectivity index (χ1n) is 8.15. The van der Waals surface area contributed by atoms with Gasteiger partial charge < -0.3 is 10.3 Å². The highest BCUT2D eigenvalue weighted by atomic mass is 35.5. The minimum atomic E-state index is -0.593. The van der Waals surface area contributed by atoms with Crippen LogP contribution in [0.5, 0.6) is 0 Å². The van der Waals surface area contributed by atoms with Crippen LogP contribution in [0.1, 0.15) is 5.69 Å². The van der Waals surface area contributed by atoms with Crippen molar-refractivity contribution in [1.82, 2.24) is 15.0 Å². The van der Waals surface area contributed by atoms with E-state index in [1.165, 1.54) is 24.3 Å². The van der Waals surface area contributed by atoms with Crippen molar-refractivity contribution in [3.8, 4) is 17.2 Å². The Labute approximate surface area is 163 Å². The van der Waals surface area contributed by atoms with Crippen molar-refractivity contribution in [2.75, 3.05) is 5.32 Å². The molecule has 0 saturated heterocycles. The lowest BCUT2D eigenvalue weighted by Gasteiger charge is -2.12. The van der Waals surface area contributed by atoms with Crippen LogP contribution < -0.4 is 10.9 Å². The minimum Gasteiger partial charge on any atom is -0.353 e. The quantitative estimate of drug-likeness (QED) is 0.540. The highest BCUT2D eigenvalue weighted by molar-refractivity contribution is 6.30. The summed E-state index contributed by atoms with van der Waals surface area (Å²) in [5.41, 5.74) is 1.19. The number of benzene rings is 1. The van der Waals surface area contributed by atoms with Gasteiger partial charge in [-0.2, -0.15) is 5.26 Å². The van der Waals surface area contributed by atoms with Crippen molar-refractivity contribution in [2.45, 2.75) is 0 Å². The van der Waals surface area contributed by atoms with Crippen molar-refractivity contribution in [3.63, 3.8) is 0 Å². The molecule has 6 nitrogen and oxygen atoms in total. The van der Waals surface area contributed by atoms with Crippen molar-refractivity contribution in [3.05, 3.63) is 81.9 Å². The molecule has 0 spiro atoms. The molecule has 0 unspecified atom stereocenters. The summed E-state index contributed by atoms with van der Waals surface area (Å²) >= 11 is 5.95. The first-order valence-corrected chi connectivity index (χ1v) is 8.53. The van der Waals surface area contributed by atoms with E-state index >= 15 is 0 Å². The van der Waals surface area contributed by atoms with Crippen LogP contribution in [0.15, 0.2) is 59.8 Å². The van der Waals surface area contributed by atoms with Crippen LogP contribution in [0.3, 0.4) is 0 Å². The molecule has 3 aromatic heterocycles. The second kappa shape index (κ2) is 7.10. The zero-order valence-electron chi connectivity index (χ0n) is 14.2. The molecule has 0 radical (unpaired) electrons. The summed E-state index contributed by atoms with van der Waals surface area (Å²) in [6.07, 6.45) is 4.87. The smallest absolute Gasteiger partial charge is 0.257 e. The first kappa shape index (κ1) is 17.6. The number of rotatable bonds is 3. The van der Waals surface area contributed by atoms with E-state index in [2.05, 4.69) is 20.3 Å². The maximum absolute atomic E-state index is 14.3. The third kappa shape index (κ3) is 3.17. The van der Waals surface area contributed by atoms with E-state index in [4.69, 9.17) is 11.6 Å². The van der Waals surface area contributed by atoms with Crippen LogP contribution in [0.25, 0.3) is 22.0 Å². The first-order chi connectivity index (χ1) is 13.6. The molecule has 0 fully saturated rings. The number of fused-ring (bicyclic) bond motifs is 1. The molecule has 0 aliphatic carbocycles. The summed E-state index contributed by atoms with van der Waals surface area (Å²) in [5, 5.41) is 13.5. The Hall–Kier alpha value is -3.76. The van der Waals surface area contributed by atoms with Crippen molar-refractivity contribution in [2.24, 2.45) is 0 Å². The van der Waals surface area contributed by atoms with Crippen LogP contribution in [0, 0.1) is 17.1 Å². The van der Waals surface area contributed by atoms with Gasteiger partial charge in [-0.3, -0.25) is 14.8 Å². The van der Waals surface area contributed by atoms with Crippen molar-refractivity contribution < 1.29 is 4.39 Å². The number of nitrogens with one attached hydrogen (secondary N) is 2. The maximum atomic E-state index is 14.3. The molecule has 2 N–H and O–H groups in total. The molecule has 4 rings (SSSR count). The van der Waals surface area contributed by atoms with Crippen LogP contribution in [-0.2, 0) is 0 Å². The van der Waals surface area contributed by atoms with Gasteiger partial charge in [0.05, 0.1) is 22.5 Å². The van der Waals surface area contributed by atoms with Gasteiger partial charge in [0, 0.05) is 34.6 Å². The number of hydrogen-bond donors (Lipinski definition) is 2. The second-order valence-corrected chi connectivity index (χ2v) is 6.35. The van der Waals surface area contributed by atoms with Crippen LogP contribution >= 0.6 is 11.6 Å². The molecule has 0 amide bonds. The van der Waals surface area contributed by atoms with Gasteiger partial charge in [-0.15, -0.1) is 0 Å². The number of hydrogen-bond acceptors (Lipinski definition) is 5. The normalized spacial score (nSPS) is 10.6. The van der Waals surface area contributed by atoms with Crippen molar-refractivity contribution in [1.29, 1.82) is 5.26 Å². The summed E-state index contributed by atoms with van der Waals surface area (Å²) in [6.45, 7) is 0. The van der Waals surface area contributed by atoms with Gasteiger partial charge in [0.15, 0.2) is 0 Å². The zero-order chi connectivity index (χ0) is 19.7. The maximum Gasteiger partial charge on any atom is 0.257 e. The fraction of sp³-hybridized carbons (Fsp3) is 0. The summed E-state index contributed by atoms with van der Waals surface area (Å²) in [4.78, 5) is 23.3. The molecule has 3 heterocycles. The molecular formula is C20H11ClFN5O. The highest BCUT2D eigenvalue weighted by Crippen LogP contribution is 2.29. The highest BCUT2D eigenvalue weighted by Gasteiger charge is 2.15. The summed E-state index contributed by atoms with van der Waals surface area (Å²) in [6, 6.07) is 10.8. The topological polar surface area (TPSA) is 94.5 Å². The fourth-order valence-electron chi connectivity index (χ4n) is 2.86. The van der Waals surface area contributed by atoms with E-state index in [1.807, 2.05) is 6.07 Å². The summed E-state index contributed by atoms with van der Waals surface area (Å²) in [5.74, 6) is -0.593. The Balaban J connectivity index is 1.88. The molecule has 136 valence electrons. The number of pyridine rings is 3. The molecule has 1 aromatic carbocycles. The summed E-state index contributed by atoms with van der Waals surface area (Å²) in [7, 11) is 0. The number of anilines is 2. The molecular weight excluding hydrogens is 381 g/mol. The largest absolute Gasteiger partial charge is 0.353 e. The lowest BCUT2D eigenvalue weighted by Crippen LogP contribution is -2.13. The van der Waals surface area contributed by atoms with Crippen LogP contribution in [-0.4, -0.2) is 15.0 Å². The summed E-state index contributed by atoms with van der Waals surface area (Å²) < 4.78 is 14.3. The van der Waals surface area contributed by atoms with Gasteiger partial charge >= 0.3 is 0 Å². The van der Waals surface area contributed by atoms with E-state index < -0.39 is 11.4 Å². The molecule has 28 heavy (non-hydrogen) atoms.